The van der Waals surface area contributed by atoms with Crippen molar-refractivity contribution in [2.24, 2.45) is 0 Å². The van der Waals surface area contributed by atoms with E-state index in [0.29, 0.717) is 39.3 Å². The number of rotatable bonds is 7. The zero-order chi connectivity index (χ0) is 35.9. The maximum absolute atomic E-state index is 14.4. The Labute approximate surface area is 286 Å². The molecule has 0 saturated heterocycles. The van der Waals surface area contributed by atoms with E-state index >= 15 is 0 Å². The number of carbonyl (C=O) groups is 2. The average molecular weight is 700 g/mol. The first kappa shape index (κ1) is 33.1. The summed E-state index contributed by atoms with van der Waals surface area (Å²) in [4.78, 5) is 34.7. The van der Waals surface area contributed by atoms with E-state index < -0.39 is 35.2 Å². The third kappa shape index (κ3) is 6.52. The molecule has 0 fully saturated rings. The molecule has 0 spiro atoms. The van der Waals surface area contributed by atoms with Crippen LogP contribution in [0.2, 0.25) is 0 Å². The molecule has 15 heteroatoms. The van der Waals surface area contributed by atoms with Crippen molar-refractivity contribution in [1.29, 1.82) is 0 Å². The highest BCUT2D eigenvalue weighted by atomic mass is 19.4. The largest absolute Gasteiger partial charge is 0.495 e. The van der Waals surface area contributed by atoms with Gasteiger partial charge in [-0.3, -0.25) is 9.59 Å². The lowest BCUT2D eigenvalue weighted by Gasteiger charge is -2.29. The van der Waals surface area contributed by atoms with Crippen molar-refractivity contribution >= 4 is 34.7 Å². The van der Waals surface area contributed by atoms with Crippen LogP contribution in [0.1, 0.15) is 21.5 Å². The molecule has 0 aliphatic carbocycles. The minimum absolute atomic E-state index is 0.0303. The first-order chi connectivity index (χ1) is 24.5. The molecule has 0 unspecified atom stereocenters. The highest BCUT2D eigenvalue weighted by molar-refractivity contribution is 6.06. The van der Waals surface area contributed by atoms with Gasteiger partial charge in [0.1, 0.15) is 28.6 Å². The van der Waals surface area contributed by atoms with Crippen LogP contribution >= 0.6 is 0 Å². The van der Waals surface area contributed by atoms with Gasteiger partial charge in [-0.2, -0.15) is 18.3 Å². The van der Waals surface area contributed by atoms with Crippen LogP contribution in [0.5, 0.6) is 5.75 Å². The molecule has 3 aromatic heterocycles. The van der Waals surface area contributed by atoms with Gasteiger partial charge in [-0.1, -0.05) is 18.2 Å². The zero-order valence-electron chi connectivity index (χ0n) is 26.6. The Bertz CT molecular complexity index is 2310. The van der Waals surface area contributed by atoms with Gasteiger partial charge in [-0.05, 0) is 78.2 Å². The third-order valence-corrected chi connectivity index (χ3v) is 8.37. The molecule has 0 saturated carbocycles. The van der Waals surface area contributed by atoms with Gasteiger partial charge < -0.3 is 20.3 Å². The summed E-state index contributed by atoms with van der Waals surface area (Å²) in [5.74, 6) is -4.51. The quantitative estimate of drug-likeness (QED) is 0.170. The van der Waals surface area contributed by atoms with Gasteiger partial charge in [-0.25, -0.2) is 23.3 Å². The second-order valence-electron chi connectivity index (χ2n) is 11.6. The summed E-state index contributed by atoms with van der Waals surface area (Å²) >= 11 is 0. The first-order valence-corrected chi connectivity index (χ1v) is 15.5. The van der Waals surface area contributed by atoms with Crippen molar-refractivity contribution < 1.29 is 36.3 Å². The summed E-state index contributed by atoms with van der Waals surface area (Å²) < 4.78 is 75.1. The normalized spacial score (nSPS) is 12.8. The van der Waals surface area contributed by atoms with E-state index in [-0.39, 0.29) is 36.9 Å². The molecule has 2 N–H and O–H groups in total. The number of aromatic nitrogens is 4. The van der Waals surface area contributed by atoms with Crippen LogP contribution in [0, 0.1) is 11.6 Å². The Hall–Kier alpha value is -6.38. The Morgan fingerprint density at radius 3 is 2.49 bits per heavy atom. The number of benzene rings is 3. The van der Waals surface area contributed by atoms with E-state index in [4.69, 9.17) is 14.8 Å². The number of ether oxygens (including phenoxy) is 1. The number of nitrogens with one attached hydrogen (secondary N) is 2. The molecule has 51 heavy (non-hydrogen) atoms. The fourth-order valence-electron chi connectivity index (χ4n) is 5.98. The van der Waals surface area contributed by atoms with Crippen LogP contribution in [0.4, 0.5) is 39.3 Å². The van der Waals surface area contributed by atoms with Gasteiger partial charge in [0.25, 0.3) is 5.91 Å². The van der Waals surface area contributed by atoms with Gasteiger partial charge in [-0.15, -0.1) is 0 Å². The number of anilines is 3. The van der Waals surface area contributed by atoms with E-state index in [9.17, 15) is 31.5 Å². The van der Waals surface area contributed by atoms with Gasteiger partial charge in [0.2, 0.25) is 5.95 Å². The molecule has 1 aliphatic heterocycles. The Balaban J connectivity index is 1.22. The summed E-state index contributed by atoms with van der Waals surface area (Å²) in [5, 5.41) is 10.4. The van der Waals surface area contributed by atoms with Crippen molar-refractivity contribution in [2.45, 2.75) is 19.1 Å². The zero-order valence-corrected chi connectivity index (χ0v) is 26.6. The summed E-state index contributed by atoms with van der Waals surface area (Å²) in [6.07, 6.45) is -1.39. The minimum atomic E-state index is -4.96. The maximum Gasteiger partial charge on any atom is 0.471 e. The number of hydrogen-bond donors (Lipinski definition) is 2. The highest BCUT2D eigenvalue weighted by Gasteiger charge is 2.43. The van der Waals surface area contributed by atoms with Gasteiger partial charge in [0.05, 0.1) is 29.6 Å². The van der Waals surface area contributed by atoms with E-state index in [1.54, 1.807) is 59.2 Å². The Morgan fingerprint density at radius 2 is 1.73 bits per heavy atom. The van der Waals surface area contributed by atoms with Crippen molar-refractivity contribution in [2.75, 3.05) is 24.3 Å². The summed E-state index contributed by atoms with van der Waals surface area (Å²) in [5.41, 5.74) is 4.00. The summed E-state index contributed by atoms with van der Waals surface area (Å²) in [6.45, 7) is -0.215. The highest BCUT2D eigenvalue weighted by Crippen LogP contribution is 2.38. The number of hydrogen-bond acceptors (Lipinski definition) is 7. The number of halogens is 5. The number of pyridine rings is 1. The smallest absolute Gasteiger partial charge is 0.471 e. The van der Waals surface area contributed by atoms with Crippen LogP contribution in [0.15, 0.2) is 91.3 Å². The van der Waals surface area contributed by atoms with Crippen LogP contribution < -0.4 is 15.4 Å². The van der Waals surface area contributed by atoms with Crippen LogP contribution in [-0.4, -0.2) is 56.1 Å². The molecule has 4 heterocycles. The number of nitrogens with zero attached hydrogens (tertiary/aromatic N) is 5. The average Bonchev–Trinajstić information content (AvgIpc) is 3.50. The van der Waals surface area contributed by atoms with Crippen molar-refractivity contribution in [3.63, 3.8) is 0 Å². The predicted octanol–water partition coefficient (Wildman–Crippen LogP) is 7.19. The fraction of sp³-hybridized carbons (Fsp3) is 0.139. The van der Waals surface area contributed by atoms with E-state index in [1.165, 1.54) is 13.3 Å². The minimum Gasteiger partial charge on any atom is -0.495 e. The summed E-state index contributed by atoms with van der Waals surface area (Å²) in [7, 11) is 1.39. The molecule has 0 bridgehead atoms. The maximum atomic E-state index is 14.4. The number of amides is 2. The molecule has 10 nitrogen and oxygen atoms in total. The van der Waals surface area contributed by atoms with Crippen molar-refractivity contribution in [3.8, 4) is 28.3 Å². The van der Waals surface area contributed by atoms with E-state index in [2.05, 4.69) is 15.6 Å². The molecule has 258 valence electrons. The lowest BCUT2D eigenvalue weighted by molar-refractivity contribution is -0.186. The van der Waals surface area contributed by atoms with Crippen molar-refractivity contribution in [1.82, 2.24) is 24.5 Å². The number of fused-ring (bicyclic) bond motifs is 2. The monoisotopic (exact) mass is 699 g/mol. The lowest BCUT2D eigenvalue weighted by atomic mass is 9.99. The van der Waals surface area contributed by atoms with Gasteiger partial charge in [0.15, 0.2) is 0 Å². The SMILES string of the molecule is COc1ccc(-c2nn3ccccc3c2-c2ccnc(Nc3ccc4c(c3)CN(C(=O)C(F)(F)F)CC4)n2)cc1NC(=O)c1c(F)cccc1F. The first-order valence-electron chi connectivity index (χ1n) is 15.5. The Kier molecular flexibility index (Phi) is 8.54. The number of carbonyl (C=O) groups excluding carboxylic acids is 2. The standard InChI is InChI=1S/C36H26F5N7O3/c1-51-29-11-9-21(18-27(29)44-33(49)30-24(37)5-4-6-25(30)38)32-31(28-7-2-3-15-48(28)46-32)26-12-14-42-35(45-26)43-23-10-8-20-13-16-47(19-22(20)17-23)34(50)36(39,40)41/h2-12,14-15,17-18H,13,16,19H2,1H3,(H,44,49)(H,42,43,45). The van der Waals surface area contributed by atoms with Gasteiger partial charge in [0, 0.05) is 36.7 Å². The molecule has 7 rings (SSSR count). The third-order valence-electron chi connectivity index (χ3n) is 8.37. The van der Waals surface area contributed by atoms with Crippen LogP contribution in [0.3, 0.4) is 0 Å². The molecule has 6 aromatic rings. The van der Waals surface area contributed by atoms with Gasteiger partial charge >= 0.3 is 12.1 Å². The number of alkyl halides is 3. The van der Waals surface area contributed by atoms with Crippen LogP contribution in [-0.2, 0) is 17.8 Å². The lowest BCUT2D eigenvalue weighted by Crippen LogP contribution is -2.43. The molecular formula is C36H26F5N7O3. The number of methoxy groups -OCH3 is 1. The molecule has 1 aliphatic rings. The van der Waals surface area contributed by atoms with Crippen LogP contribution in [0.25, 0.3) is 28.0 Å². The van der Waals surface area contributed by atoms with Crippen molar-refractivity contribution in [3.05, 3.63) is 120 Å². The second kappa shape index (κ2) is 13.2. The molecule has 2 amide bonds. The van der Waals surface area contributed by atoms with E-state index in [1.807, 2.05) is 12.1 Å². The topological polar surface area (TPSA) is 114 Å². The molecule has 0 atom stereocenters. The van der Waals surface area contributed by atoms with E-state index in [0.717, 1.165) is 28.7 Å². The second-order valence-corrected chi connectivity index (χ2v) is 11.6. The Morgan fingerprint density at radius 1 is 0.922 bits per heavy atom. The molecule has 0 radical (unpaired) electrons. The predicted molar refractivity (Wildman–Crippen MR) is 177 cm³/mol. The molecule has 3 aromatic carbocycles. The molecular weight excluding hydrogens is 673 g/mol. The summed E-state index contributed by atoms with van der Waals surface area (Å²) in [6, 6.07) is 20.4. The fourth-order valence-corrected chi connectivity index (χ4v) is 5.98.